The standard InChI is InChI=1S/C18H25N3O3S/c1-12(2)16(11-22)21-14-8-9-17(25(23,24)19-4)18(13(14)3)15-7-5-6-10-20-15/h5-10,12,16,19,21-22H,11H2,1-4H3/t16-/m0/s1. The fraction of sp³-hybridized carbons (Fsp3) is 0.389. The van der Waals surface area contributed by atoms with Crippen LogP contribution in [-0.2, 0) is 10.0 Å². The van der Waals surface area contributed by atoms with Gasteiger partial charge < -0.3 is 10.4 Å². The van der Waals surface area contributed by atoms with Crippen LogP contribution >= 0.6 is 0 Å². The molecule has 136 valence electrons. The summed E-state index contributed by atoms with van der Waals surface area (Å²) in [6.07, 6.45) is 1.63. The molecule has 0 saturated heterocycles. The van der Waals surface area contributed by atoms with Gasteiger partial charge in [0.25, 0.3) is 0 Å². The summed E-state index contributed by atoms with van der Waals surface area (Å²) in [4.78, 5) is 4.51. The monoisotopic (exact) mass is 363 g/mol. The Kier molecular flexibility index (Phi) is 6.16. The summed E-state index contributed by atoms with van der Waals surface area (Å²) >= 11 is 0. The number of aliphatic hydroxyl groups excluding tert-OH is 1. The molecule has 0 spiro atoms. The minimum absolute atomic E-state index is 0.00735. The zero-order chi connectivity index (χ0) is 18.6. The second kappa shape index (κ2) is 7.95. The molecular formula is C18H25N3O3S. The Labute approximate surface area is 149 Å². The maximum atomic E-state index is 12.4. The Morgan fingerprint density at radius 1 is 1.20 bits per heavy atom. The molecule has 1 atom stereocenters. The van der Waals surface area contributed by atoms with E-state index in [0.717, 1.165) is 11.3 Å². The van der Waals surface area contributed by atoms with E-state index in [1.807, 2.05) is 26.8 Å². The predicted octanol–water partition coefficient (Wildman–Crippen LogP) is 2.39. The zero-order valence-corrected chi connectivity index (χ0v) is 15.8. The summed E-state index contributed by atoms with van der Waals surface area (Å²) in [5, 5.41) is 12.9. The molecule has 0 aliphatic rings. The first-order valence-corrected chi connectivity index (χ1v) is 9.66. The number of anilines is 1. The molecule has 2 aromatic rings. The van der Waals surface area contributed by atoms with Crippen LogP contribution in [0.1, 0.15) is 19.4 Å². The van der Waals surface area contributed by atoms with Crippen LogP contribution in [0, 0.1) is 12.8 Å². The van der Waals surface area contributed by atoms with E-state index in [1.165, 1.54) is 7.05 Å². The van der Waals surface area contributed by atoms with Crippen LogP contribution in [0.3, 0.4) is 0 Å². The number of hydrogen-bond acceptors (Lipinski definition) is 5. The van der Waals surface area contributed by atoms with Crippen molar-refractivity contribution in [3.8, 4) is 11.3 Å². The topological polar surface area (TPSA) is 91.3 Å². The van der Waals surface area contributed by atoms with Crippen LogP contribution < -0.4 is 10.0 Å². The lowest BCUT2D eigenvalue weighted by Gasteiger charge is -2.24. The van der Waals surface area contributed by atoms with E-state index in [9.17, 15) is 13.5 Å². The molecular weight excluding hydrogens is 338 g/mol. The van der Waals surface area contributed by atoms with Crippen LogP contribution in [-0.4, -0.2) is 38.2 Å². The summed E-state index contributed by atoms with van der Waals surface area (Å²) in [6.45, 7) is 5.88. The summed E-state index contributed by atoms with van der Waals surface area (Å²) in [5.41, 5.74) is 2.69. The molecule has 0 amide bonds. The van der Waals surface area contributed by atoms with E-state index in [1.54, 1.807) is 30.5 Å². The quantitative estimate of drug-likeness (QED) is 0.703. The average Bonchev–Trinajstić information content (AvgIpc) is 2.60. The molecule has 0 unspecified atom stereocenters. The van der Waals surface area contributed by atoms with Crippen LogP contribution in [0.25, 0.3) is 11.3 Å². The molecule has 1 aromatic heterocycles. The van der Waals surface area contributed by atoms with Gasteiger partial charge in [0, 0.05) is 17.4 Å². The minimum atomic E-state index is -3.63. The first kappa shape index (κ1) is 19.4. The largest absolute Gasteiger partial charge is 0.394 e. The van der Waals surface area contributed by atoms with Crippen LogP contribution in [0.4, 0.5) is 5.69 Å². The molecule has 25 heavy (non-hydrogen) atoms. The van der Waals surface area contributed by atoms with Crippen molar-refractivity contribution in [3.05, 3.63) is 42.1 Å². The fourth-order valence-corrected chi connectivity index (χ4v) is 3.62. The lowest BCUT2D eigenvalue weighted by molar-refractivity contribution is 0.249. The number of nitrogens with zero attached hydrogens (tertiary/aromatic N) is 1. The highest BCUT2D eigenvalue weighted by molar-refractivity contribution is 7.89. The van der Waals surface area contributed by atoms with E-state index in [0.29, 0.717) is 11.3 Å². The molecule has 6 nitrogen and oxygen atoms in total. The number of nitrogens with one attached hydrogen (secondary N) is 2. The van der Waals surface area contributed by atoms with Gasteiger partial charge in [-0.15, -0.1) is 0 Å². The van der Waals surface area contributed by atoms with Crippen molar-refractivity contribution >= 4 is 15.7 Å². The van der Waals surface area contributed by atoms with Gasteiger partial charge in [-0.05, 0) is 49.7 Å². The lowest BCUT2D eigenvalue weighted by Crippen LogP contribution is -2.30. The number of rotatable bonds is 7. The maximum Gasteiger partial charge on any atom is 0.240 e. The van der Waals surface area contributed by atoms with E-state index < -0.39 is 10.0 Å². The predicted molar refractivity (Wildman–Crippen MR) is 100.0 cm³/mol. The Balaban J connectivity index is 2.65. The molecule has 1 heterocycles. The highest BCUT2D eigenvalue weighted by atomic mass is 32.2. The van der Waals surface area contributed by atoms with Gasteiger partial charge in [0.2, 0.25) is 10.0 Å². The molecule has 0 bridgehead atoms. The van der Waals surface area contributed by atoms with Gasteiger partial charge in [-0.2, -0.15) is 0 Å². The van der Waals surface area contributed by atoms with Gasteiger partial charge in [0.1, 0.15) is 0 Å². The minimum Gasteiger partial charge on any atom is -0.394 e. The third-order valence-corrected chi connectivity index (χ3v) is 5.71. The Hall–Kier alpha value is -1.96. The van der Waals surface area contributed by atoms with Crippen molar-refractivity contribution < 1.29 is 13.5 Å². The number of aliphatic hydroxyl groups is 1. The summed E-state index contributed by atoms with van der Waals surface area (Å²) in [5.74, 6) is 0.225. The molecule has 0 saturated carbocycles. The molecule has 1 aromatic carbocycles. The smallest absolute Gasteiger partial charge is 0.240 e. The SMILES string of the molecule is CNS(=O)(=O)c1ccc(N[C@@H](CO)C(C)C)c(C)c1-c1ccccn1. The van der Waals surface area contributed by atoms with E-state index in [2.05, 4.69) is 15.0 Å². The normalized spacial score (nSPS) is 13.0. The van der Waals surface area contributed by atoms with Crippen molar-refractivity contribution in [1.29, 1.82) is 0 Å². The number of pyridine rings is 1. The number of aromatic nitrogens is 1. The average molecular weight is 363 g/mol. The first-order chi connectivity index (χ1) is 11.8. The Morgan fingerprint density at radius 3 is 2.44 bits per heavy atom. The van der Waals surface area contributed by atoms with Gasteiger partial charge in [-0.3, -0.25) is 4.98 Å². The van der Waals surface area contributed by atoms with Crippen LogP contribution in [0.15, 0.2) is 41.4 Å². The second-order valence-electron chi connectivity index (χ2n) is 6.21. The third-order valence-electron chi connectivity index (χ3n) is 4.25. The lowest BCUT2D eigenvalue weighted by atomic mass is 10.0. The van der Waals surface area contributed by atoms with Gasteiger partial charge >= 0.3 is 0 Å². The van der Waals surface area contributed by atoms with Crippen LogP contribution in [0.2, 0.25) is 0 Å². The number of sulfonamides is 1. The van der Waals surface area contributed by atoms with E-state index in [-0.39, 0.29) is 23.5 Å². The van der Waals surface area contributed by atoms with Crippen LogP contribution in [0.5, 0.6) is 0 Å². The molecule has 0 aliphatic heterocycles. The maximum absolute atomic E-state index is 12.4. The van der Waals surface area contributed by atoms with E-state index in [4.69, 9.17) is 0 Å². The van der Waals surface area contributed by atoms with E-state index >= 15 is 0 Å². The Bertz CT molecular complexity index is 821. The second-order valence-corrected chi connectivity index (χ2v) is 8.07. The molecule has 2 rings (SSSR count). The first-order valence-electron chi connectivity index (χ1n) is 8.17. The van der Waals surface area contributed by atoms with Gasteiger partial charge in [0.15, 0.2) is 0 Å². The molecule has 3 N–H and O–H groups in total. The van der Waals surface area contributed by atoms with Crippen molar-refractivity contribution in [2.24, 2.45) is 5.92 Å². The number of benzene rings is 1. The zero-order valence-electron chi connectivity index (χ0n) is 14.9. The molecule has 0 aliphatic carbocycles. The summed E-state index contributed by atoms with van der Waals surface area (Å²) < 4.78 is 27.3. The molecule has 0 radical (unpaired) electrons. The fourth-order valence-electron chi connectivity index (χ4n) is 2.63. The number of hydrogen-bond donors (Lipinski definition) is 3. The Morgan fingerprint density at radius 2 is 1.92 bits per heavy atom. The highest BCUT2D eigenvalue weighted by Gasteiger charge is 2.23. The van der Waals surface area contributed by atoms with Crippen molar-refractivity contribution in [2.75, 3.05) is 19.0 Å². The highest BCUT2D eigenvalue weighted by Crippen LogP contribution is 2.34. The van der Waals surface area contributed by atoms with Gasteiger partial charge in [0.05, 0.1) is 23.2 Å². The third kappa shape index (κ3) is 4.18. The van der Waals surface area contributed by atoms with Crippen molar-refractivity contribution in [1.82, 2.24) is 9.71 Å². The summed E-state index contributed by atoms with van der Waals surface area (Å²) in [7, 11) is -2.25. The molecule has 0 fully saturated rings. The van der Waals surface area contributed by atoms with Crippen molar-refractivity contribution in [2.45, 2.75) is 31.7 Å². The van der Waals surface area contributed by atoms with Gasteiger partial charge in [-0.1, -0.05) is 19.9 Å². The van der Waals surface area contributed by atoms with Crippen molar-refractivity contribution in [3.63, 3.8) is 0 Å². The van der Waals surface area contributed by atoms with Gasteiger partial charge in [-0.25, -0.2) is 13.1 Å². The molecule has 7 heteroatoms. The summed E-state index contributed by atoms with van der Waals surface area (Å²) in [6, 6.07) is 8.57.